The lowest BCUT2D eigenvalue weighted by molar-refractivity contribution is 0.143. The number of aliphatic hydroxyl groups excluding tert-OH is 1. The molecule has 0 unspecified atom stereocenters. The molecule has 0 saturated heterocycles. The van der Waals surface area contributed by atoms with Crippen LogP contribution in [0.5, 0.6) is 0 Å². The third-order valence-corrected chi connectivity index (χ3v) is 3.78. The maximum Gasteiger partial charge on any atom is 0.129 e. The highest BCUT2D eigenvalue weighted by molar-refractivity contribution is 5.32. The summed E-state index contributed by atoms with van der Waals surface area (Å²) in [4.78, 5) is 2.15. The quantitative estimate of drug-likeness (QED) is 0.886. The Kier molecular flexibility index (Phi) is 4.89. The van der Waals surface area contributed by atoms with E-state index in [1.54, 1.807) is 12.1 Å². The van der Waals surface area contributed by atoms with Gasteiger partial charge < -0.3 is 5.11 Å². The summed E-state index contributed by atoms with van der Waals surface area (Å²) >= 11 is 0. The zero-order chi connectivity index (χ0) is 13.7. The number of nitrogens with zero attached hydrogens (tertiary/aromatic N) is 2. The van der Waals surface area contributed by atoms with Crippen molar-refractivity contribution in [3.8, 4) is 6.07 Å². The van der Waals surface area contributed by atoms with E-state index >= 15 is 0 Å². The first-order chi connectivity index (χ1) is 9.24. The summed E-state index contributed by atoms with van der Waals surface area (Å²) < 4.78 is 13.9. The molecular weight excluding hydrogens is 243 g/mol. The standard InChI is InChI=1S/C15H19FN2O/c16-15-9-12(10-17)5-6-13(15)11-18(7-8-19)14-3-1-2-4-14/h5-6,9,14,19H,1-4,7-8,11H2. The van der Waals surface area contributed by atoms with Gasteiger partial charge in [0, 0.05) is 24.7 Å². The Balaban J connectivity index is 2.10. The van der Waals surface area contributed by atoms with E-state index in [-0.39, 0.29) is 12.4 Å². The van der Waals surface area contributed by atoms with Crippen LogP contribution in [0.3, 0.4) is 0 Å². The lowest BCUT2D eigenvalue weighted by Gasteiger charge is -2.28. The minimum atomic E-state index is -0.333. The molecule has 1 aliphatic rings. The smallest absolute Gasteiger partial charge is 0.129 e. The van der Waals surface area contributed by atoms with Gasteiger partial charge >= 0.3 is 0 Å². The zero-order valence-corrected chi connectivity index (χ0v) is 11.0. The molecule has 0 aliphatic heterocycles. The minimum absolute atomic E-state index is 0.0917. The summed E-state index contributed by atoms with van der Waals surface area (Å²) in [6.07, 6.45) is 4.67. The third-order valence-electron chi connectivity index (χ3n) is 3.78. The normalized spacial score (nSPS) is 15.9. The number of aliphatic hydroxyl groups is 1. The molecule has 4 heteroatoms. The van der Waals surface area contributed by atoms with Crippen LogP contribution in [-0.2, 0) is 6.54 Å². The Labute approximate surface area is 113 Å². The largest absolute Gasteiger partial charge is 0.395 e. The molecule has 0 amide bonds. The fourth-order valence-electron chi connectivity index (χ4n) is 2.75. The molecule has 1 N–H and O–H groups in total. The van der Waals surface area contributed by atoms with Crippen molar-refractivity contribution in [1.82, 2.24) is 4.90 Å². The van der Waals surface area contributed by atoms with Gasteiger partial charge in [-0.1, -0.05) is 18.9 Å². The van der Waals surface area contributed by atoms with Crippen LogP contribution in [0, 0.1) is 17.1 Å². The molecule has 2 rings (SSSR count). The first-order valence-corrected chi connectivity index (χ1v) is 6.78. The Morgan fingerprint density at radius 3 is 2.68 bits per heavy atom. The average Bonchev–Trinajstić information content (AvgIpc) is 2.94. The number of benzene rings is 1. The minimum Gasteiger partial charge on any atom is -0.395 e. The molecule has 3 nitrogen and oxygen atoms in total. The van der Waals surface area contributed by atoms with Gasteiger partial charge in [-0.3, -0.25) is 4.90 Å². The van der Waals surface area contributed by atoms with E-state index in [2.05, 4.69) is 4.90 Å². The molecule has 102 valence electrons. The topological polar surface area (TPSA) is 47.3 Å². The maximum atomic E-state index is 13.9. The summed E-state index contributed by atoms with van der Waals surface area (Å²) in [7, 11) is 0. The summed E-state index contributed by atoms with van der Waals surface area (Å²) in [5.74, 6) is -0.333. The lowest BCUT2D eigenvalue weighted by Crippen LogP contribution is -2.35. The fourth-order valence-corrected chi connectivity index (χ4v) is 2.75. The SMILES string of the molecule is N#Cc1ccc(CN(CCO)C2CCCC2)c(F)c1. The molecule has 1 aromatic carbocycles. The van der Waals surface area contributed by atoms with Crippen LogP contribution in [0.4, 0.5) is 4.39 Å². The van der Waals surface area contributed by atoms with Gasteiger partial charge in [0.25, 0.3) is 0 Å². The van der Waals surface area contributed by atoms with Crippen LogP contribution in [-0.4, -0.2) is 29.2 Å². The van der Waals surface area contributed by atoms with Crippen molar-refractivity contribution in [3.63, 3.8) is 0 Å². The second kappa shape index (κ2) is 6.65. The first-order valence-electron chi connectivity index (χ1n) is 6.78. The van der Waals surface area contributed by atoms with Gasteiger partial charge in [0.15, 0.2) is 0 Å². The predicted octanol–water partition coefficient (Wildman–Crippen LogP) is 2.43. The monoisotopic (exact) mass is 262 g/mol. The summed E-state index contributed by atoms with van der Waals surface area (Å²) in [6.45, 7) is 1.17. The van der Waals surface area contributed by atoms with Crippen molar-refractivity contribution in [2.24, 2.45) is 0 Å². The zero-order valence-electron chi connectivity index (χ0n) is 11.0. The highest BCUT2D eigenvalue weighted by Crippen LogP contribution is 2.25. The third kappa shape index (κ3) is 3.52. The Hall–Kier alpha value is -1.44. The highest BCUT2D eigenvalue weighted by atomic mass is 19.1. The Morgan fingerprint density at radius 2 is 2.11 bits per heavy atom. The van der Waals surface area contributed by atoms with Gasteiger partial charge in [0.05, 0.1) is 18.2 Å². The van der Waals surface area contributed by atoms with E-state index in [0.717, 1.165) is 12.8 Å². The average molecular weight is 262 g/mol. The number of hydrogen-bond acceptors (Lipinski definition) is 3. The van der Waals surface area contributed by atoms with Gasteiger partial charge in [-0.05, 0) is 25.0 Å². The maximum absolute atomic E-state index is 13.9. The lowest BCUT2D eigenvalue weighted by atomic mass is 10.1. The van der Waals surface area contributed by atoms with E-state index in [9.17, 15) is 4.39 Å². The fraction of sp³-hybridized carbons (Fsp3) is 0.533. The van der Waals surface area contributed by atoms with Crippen LogP contribution < -0.4 is 0 Å². The molecule has 0 atom stereocenters. The van der Waals surface area contributed by atoms with E-state index in [1.807, 2.05) is 6.07 Å². The second-order valence-corrected chi connectivity index (χ2v) is 5.05. The van der Waals surface area contributed by atoms with Crippen molar-refractivity contribution in [1.29, 1.82) is 5.26 Å². The molecule has 1 aromatic rings. The molecule has 1 aliphatic carbocycles. The first kappa shape index (κ1) is 14.0. The van der Waals surface area contributed by atoms with Crippen molar-refractivity contribution < 1.29 is 9.50 Å². The molecule has 0 spiro atoms. The van der Waals surface area contributed by atoms with Crippen molar-refractivity contribution in [3.05, 3.63) is 35.1 Å². The molecule has 0 aromatic heterocycles. The highest BCUT2D eigenvalue weighted by Gasteiger charge is 2.23. The Morgan fingerprint density at radius 1 is 1.37 bits per heavy atom. The number of rotatable bonds is 5. The van der Waals surface area contributed by atoms with E-state index in [1.165, 1.54) is 18.9 Å². The second-order valence-electron chi connectivity index (χ2n) is 5.05. The van der Waals surface area contributed by atoms with Crippen LogP contribution >= 0.6 is 0 Å². The van der Waals surface area contributed by atoms with Gasteiger partial charge in [0.2, 0.25) is 0 Å². The molecule has 1 fully saturated rings. The summed E-state index contributed by atoms with van der Waals surface area (Å²) in [5, 5.41) is 17.9. The Bertz CT molecular complexity index is 464. The van der Waals surface area contributed by atoms with Crippen molar-refractivity contribution in [2.45, 2.75) is 38.3 Å². The summed E-state index contributed by atoms with van der Waals surface area (Å²) in [5.41, 5.74) is 0.940. The van der Waals surface area contributed by atoms with Crippen LogP contribution in [0.15, 0.2) is 18.2 Å². The number of halogens is 1. The van der Waals surface area contributed by atoms with Gasteiger partial charge in [-0.15, -0.1) is 0 Å². The van der Waals surface area contributed by atoms with Crippen molar-refractivity contribution in [2.75, 3.05) is 13.2 Å². The molecule has 0 heterocycles. The number of hydrogen-bond donors (Lipinski definition) is 1. The van der Waals surface area contributed by atoms with Gasteiger partial charge in [-0.2, -0.15) is 5.26 Å². The predicted molar refractivity (Wildman–Crippen MR) is 70.9 cm³/mol. The van der Waals surface area contributed by atoms with E-state index < -0.39 is 0 Å². The summed E-state index contributed by atoms with van der Waals surface area (Å²) in [6, 6.07) is 6.98. The van der Waals surface area contributed by atoms with Gasteiger partial charge in [-0.25, -0.2) is 4.39 Å². The molecule has 0 radical (unpaired) electrons. The molecule has 19 heavy (non-hydrogen) atoms. The number of nitriles is 1. The molecule has 0 bridgehead atoms. The van der Waals surface area contributed by atoms with Crippen LogP contribution in [0.1, 0.15) is 36.8 Å². The van der Waals surface area contributed by atoms with Crippen LogP contribution in [0.2, 0.25) is 0 Å². The van der Waals surface area contributed by atoms with Gasteiger partial charge in [0.1, 0.15) is 5.82 Å². The van der Waals surface area contributed by atoms with E-state index in [4.69, 9.17) is 10.4 Å². The van der Waals surface area contributed by atoms with Crippen LogP contribution in [0.25, 0.3) is 0 Å². The van der Waals surface area contributed by atoms with Crippen molar-refractivity contribution >= 4 is 0 Å². The van der Waals surface area contributed by atoms with E-state index in [0.29, 0.717) is 30.3 Å². The molecular formula is C15H19FN2O. The molecule has 1 saturated carbocycles.